The Bertz CT molecular complexity index is 1360. The van der Waals surface area contributed by atoms with Gasteiger partial charge < -0.3 is 20.6 Å². The summed E-state index contributed by atoms with van der Waals surface area (Å²) < 4.78 is 30.4. The van der Waals surface area contributed by atoms with E-state index >= 15 is 8.78 Å². The molecule has 10 heteroatoms. The highest BCUT2D eigenvalue weighted by Gasteiger charge is 2.63. The number of nitrogens with one attached hydrogen (secondary N) is 2. The molecule has 5 atom stereocenters. The minimum atomic E-state index is -3.19. The molecule has 0 aromatic heterocycles. The van der Waals surface area contributed by atoms with Crippen molar-refractivity contribution in [1.29, 1.82) is 5.26 Å². The summed E-state index contributed by atoms with van der Waals surface area (Å²) in [4.78, 5) is 41.2. The van der Waals surface area contributed by atoms with E-state index in [2.05, 4.69) is 10.6 Å². The molecule has 3 saturated heterocycles. The SMILES string of the molecule is N#C[C@@H](C[C@H]1CCNC1=O)NC(=O)[C@@H]1[C@@H]2CC[C@@H](CC2(F)F)N1C(=O)C1(O)c2ccccc2-c2ccccc21. The van der Waals surface area contributed by atoms with Crippen LogP contribution in [0.1, 0.15) is 43.2 Å². The molecule has 39 heavy (non-hydrogen) atoms. The number of nitriles is 1. The van der Waals surface area contributed by atoms with E-state index in [4.69, 9.17) is 0 Å². The molecule has 0 spiro atoms. The lowest BCUT2D eigenvalue weighted by molar-refractivity contribution is -0.201. The van der Waals surface area contributed by atoms with Crippen molar-refractivity contribution in [1.82, 2.24) is 15.5 Å². The molecule has 1 saturated carbocycles. The molecule has 3 N–H and O–H groups in total. The van der Waals surface area contributed by atoms with Crippen LogP contribution < -0.4 is 10.6 Å². The third-order valence-electron chi connectivity index (χ3n) is 8.83. The highest BCUT2D eigenvalue weighted by atomic mass is 19.3. The lowest BCUT2D eigenvalue weighted by Gasteiger charge is -2.54. The van der Waals surface area contributed by atoms with Gasteiger partial charge in [-0.1, -0.05) is 48.5 Å². The summed E-state index contributed by atoms with van der Waals surface area (Å²) in [6, 6.07) is 12.2. The zero-order valence-electron chi connectivity index (χ0n) is 21.1. The number of benzene rings is 2. The van der Waals surface area contributed by atoms with Crippen LogP contribution in [0, 0.1) is 23.2 Å². The Kier molecular flexibility index (Phi) is 5.95. The second kappa shape index (κ2) is 9.12. The molecule has 5 aliphatic rings. The number of halogens is 2. The third-order valence-corrected chi connectivity index (χ3v) is 8.83. The Hall–Kier alpha value is -3.84. The second-order valence-electron chi connectivity index (χ2n) is 11.0. The van der Waals surface area contributed by atoms with Gasteiger partial charge in [-0.3, -0.25) is 14.4 Å². The molecule has 3 aliphatic heterocycles. The number of nitrogens with zero attached hydrogens (tertiary/aromatic N) is 2. The summed E-state index contributed by atoms with van der Waals surface area (Å²) in [7, 11) is 0. The maximum Gasteiger partial charge on any atom is 0.264 e. The molecule has 3 heterocycles. The standard InChI is InChI=1S/C29H28F2N4O4/c30-28(31)14-18-9-10-23(28)24(26(37)34-17(15-32)13-16-11-12-33-25(16)36)35(18)27(38)29(39)21-7-3-1-5-19(21)20-6-2-4-8-22(20)29/h1-8,16-18,23-24,39H,9-14H2,(H,33,36)(H,34,37)/t16-,17-,18+,23+,24+/m1/s1. The van der Waals surface area contributed by atoms with Crippen LogP contribution in [0.5, 0.6) is 0 Å². The number of rotatable bonds is 5. The van der Waals surface area contributed by atoms with Gasteiger partial charge in [0.05, 0.1) is 12.0 Å². The molecule has 4 fully saturated rings. The van der Waals surface area contributed by atoms with Crippen molar-refractivity contribution in [3.63, 3.8) is 0 Å². The second-order valence-corrected chi connectivity index (χ2v) is 11.0. The fraction of sp³-hybridized carbons (Fsp3) is 0.448. The minimum Gasteiger partial charge on any atom is -0.372 e. The number of hydrogen-bond donors (Lipinski definition) is 3. The molecule has 2 aromatic carbocycles. The van der Waals surface area contributed by atoms with E-state index in [1.807, 2.05) is 6.07 Å². The summed E-state index contributed by atoms with van der Waals surface area (Å²) in [5.41, 5.74) is -0.153. The van der Waals surface area contributed by atoms with E-state index in [1.165, 1.54) is 0 Å². The van der Waals surface area contributed by atoms with Gasteiger partial charge in [0.1, 0.15) is 12.1 Å². The first kappa shape index (κ1) is 25.4. The number of amides is 3. The van der Waals surface area contributed by atoms with E-state index < -0.39 is 59.7 Å². The largest absolute Gasteiger partial charge is 0.372 e. The zero-order valence-corrected chi connectivity index (χ0v) is 21.1. The lowest BCUT2D eigenvalue weighted by atomic mass is 9.70. The first-order valence-corrected chi connectivity index (χ1v) is 13.3. The summed E-state index contributed by atoms with van der Waals surface area (Å²) in [6.07, 6.45) is 0.266. The molecule has 2 aliphatic carbocycles. The number of alkyl halides is 2. The van der Waals surface area contributed by atoms with E-state index in [0.29, 0.717) is 35.2 Å². The fourth-order valence-electron chi connectivity index (χ4n) is 6.98. The van der Waals surface area contributed by atoms with Crippen LogP contribution in [0.15, 0.2) is 48.5 Å². The van der Waals surface area contributed by atoms with E-state index in [9.17, 15) is 24.8 Å². The molecule has 7 rings (SSSR count). The van der Waals surface area contributed by atoms with Gasteiger partial charge in [0.2, 0.25) is 11.8 Å². The highest BCUT2D eigenvalue weighted by Crippen LogP contribution is 2.53. The van der Waals surface area contributed by atoms with Crippen molar-refractivity contribution in [2.75, 3.05) is 6.54 Å². The van der Waals surface area contributed by atoms with Crippen molar-refractivity contribution in [2.24, 2.45) is 11.8 Å². The van der Waals surface area contributed by atoms with Crippen LogP contribution in [0.4, 0.5) is 8.78 Å². The minimum absolute atomic E-state index is 0.0351. The highest BCUT2D eigenvalue weighted by molar-refractivity contribution is 6.01. The number of aliphatic hydroxyl groups is 1. The van der Waals surface area contributed by atoms with Crippen molar-refractivity contribution in [2.45, 2.75) is 61.8 Å². The summed E-state index contributed by atoms with van der Waals surface area (Å²) in [5.74, 6) is -7.03. The van der Waals surface area contributed by atoms with Crippen LogP contribution >= 0.6 is 0 Å². The monoisotopic (exact) mass is 534 g/mol. The van der Waals surface area contributed by atoms with Crippen LogP contribution in [0.3, 0.4) is 0 Å². The molecule has 8 nitrogen and oxygen atoms in total. The topological polar surface area (TPSA) is 123 Å². The average Bonchev–Trinajstić information content (AvgIpc) is 3.46. The molecule has 2 bridgehead atoms. The van der Waals surface area contributed by atoms with Gasteiger partial charge >= 0.3 is 0 Å². The van der Waals surface area contributed by atoms with Crippen LogP contribution in [-0.2, 0) is 20.0 Å². The third kappa shape index (κ3) is 3.82. The van der Waals surface area contributed by atoms with Gasteiger partial charge in [-0.05, 0) is 36.8 Å². The molecular formula is C29H28F2N4O4. The Morgan fingerprint density at radius 2 is 1.74 bits per heavy atom. The maximum atomic E-state index is 15.2. The quantitative estimate of drug-likeness (QED) is 0.544. The predicted molar refractivity (Wildman–Crippen MR) is 135 cm³/mol. The number of fused-ring (bicyclic) bond motifs is 6. The van der Waals surface area contributed by atoms with Gasteiger partial charge in [0.25, 0.3) is 11.8 Å². The average molecular weight is 535 g/mol. The van der Waals surface area contributed by atoms with Crippen LogP contribution in [-0.4, -0.2) is 58.3 Å². The maximum absolute atomic E-state index is 15.2. The van der Waals surface area contributed by atoms with Gasteiger partial charge in [0.15, 0.2) is 5.60 Å². The molecule has 0 radical (unpaired) electrons. The number of piperidine rings is 2. The molecule has 3 amide bonds. The number of hydrogen-bond acceptors (Lipinski definition) is 5. The van der Waals surface area contributed by atoms with Crippen LogP contribution in [0.25, 0.3) is 11.1 Å². The molecule has 202 valence electrons. The van der Waals surface area contributed by atoms with Crippen molar-refractivity contribution < 1.29 is 28.3 Å². The zero-order chi connectivity index (χ0) is 27.5. The number of carbonyl (C=O) groups is 3. The lowest BCUT2D eigenvalue weighted by Crippen LogP contribution is -2.70. The van der Waals surface area contributed by atoms with Gasteiger partial charge in [-0.15, -0.1) is 0 Å². The summed E-state index contributed by atoms with van der Waals surface area (Å²) >= 11 is 0. The number of carbonyl (C=O) groups excluding carboxylic acids is 3. The molecule has 2 aromatic rings. The van der Waals surface area contributed by atoms with Gasteiger partial charge in [-0.2, -0.15) is 5.26 Å². The van der Waals surface area contributed by atoms with E-state index in [-0.39, 0.29) is 25.2 Å². The Balaban J connectivity index is 1.36. The molecule has 0 unspecified atom stereocenters. The van der Waals surface area contributed by atoms with E-state index in [1.54, 1.807) is 48.5 Å². The van der Waals surface area contributed by atoms with Gasteiger partial charge in [-0.25, -0.2) is 8.78 Å². The normalized spacial score (nSPS) is 28.2. The first-order chi connectivity index (χ1) is 18.7. The summed E-state index contributed by atoms with van der Waals surface area (Å²) in [6.45, 7) is 0.470. The van der Waals surface area contributed by atoms with Crippen LogP contribution in [0.2, 0.25) is 0 Å². The van der Waals surface area contributed by atoms with E-state index in [0.717, 1.165) is 4.90 Å². The molecular weight excluding hydrogens is 506 g/mol. The first-order valence-electron chi connectivity index (χ1n) is 13.3. The fourth-order valence-corrected chi connectivity index (χ4v) is 6.98. The Labute approximate surface area is 224 Å². The Morgan fingerprint density at radius 1 is 1.10 bits per heavy atom. The Morgan fingerprint density at radius 3 is 2.31 bits per heavy atom. The van der Waals surface area contributed by atoms with Crippen molar-refractivity contribution in [3.05, 3.63) is 59.7 Å². The van der Waals surface area contributed by atoms with Crippen molar-refractivity contribution >= 4 is 17.7 Å². The van der Waals surface area contributed by atoms with Crippen molar-refractivity contribution in [3.8, 4) is 17.2 Å². The predicted octanol–water partition coefficient (Wildman–Crippen LogP) is 2.45. The smallest absolute Gasteiger partial charge is 0.264 e. The summed E-state index contributed by atoms with van der Waals surface area (Å²) in [5, 5.41) is 27.0. The van der Waals surface area contributed by atoms with Gasteiger partial charge in [0, 0.05) is 36.1 Å².